The molecule has 0 unspecified atom stereocenters. The SMILES string of the molecule is NC(=O)N/C(N)=N/N1CCCC1. The molecule has 0 aliphatic carbocycles. The molecule has 1 fully saturated rings. The summed E-state index contributed by atoms with van der Waals surface area (Å²) in [5.74, 6) is 0.0596. The average Bonchev–Trinajstić information content (AvgIpc) is 2.37. The summed E-state index contributed by atoms with van der Waals surface area (Å²) < 4.78 is 0. The molecule has 1 aliphatic heterocycles. The number of primary amides is 1. The first-order valence-electron chi connectivity index (χ1n) is 3.84. The van der Waals surface area contributed by atoms with Gasteiger partial charge in [-0.3, -0.25) is 10.3 Å². The number of carbonyl (C=O) groups excluding carboxylic acids is 1. The Hall–Kier alpha value is -1.46. The van der Waals surface area contributed by atoms with Crippen LogP contribution in [0, 0.1) is 0 Å². The van der Waals surface area contributed by atoms with Gasteiger partial charge in [0.25, 0.3) is 0 Å². The summed E-state index contributed by atoms with van der Waals surface area (Å²) in [4.78, 5) is 10.3. The van der Waals surface area contributed by atoms with E-state index in [1.165, 1.54) is 0 Å². The molecule has 0 aromatic rings. The van der Waals surface area contributed by atoms with Crippen LogP contribution in [0.2, 0.25) is 0 Å². The van der Waals surface area contributed by atoms with E-state index in [-0.39, 0.29) is 5.96 Å². The van der Waals surface area contributed by atoms with E-state index in [2.05, 4.69) is 10.4 Å². The van der Waals surface area contributed by atoms with Gasteiger partial charge in [-0.15, -0.1) is 5.10 Å². The monoisotopic (exact) mass is 171 g/mol. The third-order valence-electron chi connectivity index (χ3n) is 1.58. The summed E-state index contributed by atoms with van der Waals surface area (Å²) in [7, 11) is 0. The molecular formula is C6H13N5O. The van der Waals surface area contributed by atoms with Crippen molar-refractivity contribution in [2.75, 3.05) is 13.1 Å². The second kappa shape index (κ2) is 3.80. The van der Waals surface area contributed by atoms with Crippen molar-refractivity contribution in [1.29, 1.82) is 0 Å². The topological polar surface area (TPSA) is 96.7 Å². The second-order valence-electron chi connectivity index (χ2n) is 2.64. The molecule has 0 atom stereocenters. The number of hydrogen-bond donors (Lipinski definition) is 3. The van der Waals surface area contributed by atoms with Crippen molar-refractivity contribution in [3.63, 3.8) is 0 Å². The van der Waals surface area contributed by atoms with Gasteiger partial charge in [0, 0.05) is 13.1 Å². The van der Waals surface area contributed by atoms with Crippen LogP contribution in [0.3, 0.4) is 0 Å². The first kappa shape index (κ1) is 8.63. The summed E-state index contributed by atoms with van der Waals surface area (Å²) >= 11 is 0. The van der Waals surface area contributed by atoms with Crippen LogP contribution in [0.25, 0.3) is 0 Å². The average molecular weight is 171 g/mol. The Kier molecular flexibility index (Phi) is 2.73. The zero-order valence-corrected chi connectivity index (χ0v) is 6.79. The third kappa shape index (κ3) is 2.65. The summed E-state index contributed by atoms with van der Waals surface area (Å²) in [6.07, 6.45) is 2.24. The molecule has 1 saturated heterocycles. The lowest BCUT2D eigenvalue weighted by molar-refractivity contribution is 0.252. The van der Waals surface area contributed by atoms with Gasteiger partial charge in [-0.2, -0.15) is 0 Å². The quantitative estimate of drug-likeness (QED) is 0.348. The Balaban J connectivity index is 2.38. The van der Waals surface area contributed by atoms with Crippen molar-refractivity contribution < 1.29 is 4.79 Å². The standard InChI is InChI=1S/C6H13N5O/c7-5(9-6(8)12)10-11-3-1-2-4-11/h1-4H2,(H5,7,8,9,10,12). The van der Waals surface area contributed by atoms with Crippen molar-refractivity contribution in [3.8, 4) is 0 Å². The molecule has 0 spiro atoms. The normalized spacial score (nSPS) is 18.0. The molecule has 0 saturated carbocycles. The maximum absolute atomic E-state index is 10.3. The maximum Gasteiger partial charge on any atom is 0.318 e. The van der Waals surface area contributed by atoms with Gasteiger partial charge >= 0.3 is 6.03 Å². The van der Waals surface area contributed by atoms with E-state index in [1.807, 2.05) is 5.01 Å². The van der Waals surface area contributed by atoms with Gasteiger partial charge in [-0.25, -0.2) is 4.79 Å². The van der Waals surface area contributed by atoms with Crippen molar-refractivity contribution in [2.45, 2.75) is 12.8 Å². The number of nitrogens with two attached hydrogens (primary N) is 2. The van der Waals surface area contributed by atoms with Crippen LogP contribution in [0.5, 0.6) is 0 Å². The van der Waals surface area contributed by atoms with Crippen LogP contribution >= 0.6 is 0 Å². The molecule has 1 aliphatic rings. The van der Waals surface area contributed by atoms with Crippen LogP contribution < -0.4 is 16.8 Å². The first-order chi connectivity index (χ1) is 5.68. The number of hydrogen-bond acceptors (Lipinski definition) is 3. The highest BCUT2D eigenvalue weighted by Crippen LogP contribution is 2.06. The van der Waals surface area contributed by atoms with Crippen LogP contribution in [0.4, 0.5) is 4.79 Å². The summed E-state index contributed by atoms with van der Waals surface area (Å²) in [6.45, 7) is 1.78. The molecule has 0 aromatic carbocycles. The molecule has 6 nitrogen and oxygen atoms in total. The van der Waals surface area contributed by atoms with E-state index in [0.717, 1.165) is 25.9 Å². The van der Waals surface area contributed by atoms with Gasteiger partial charge in [0.1, 0.15) is 0 Å². The molecular weight excluding hydrogens is 158 g/mol. The van der Waals surface area contributed by atoms with Crippen LogP contribution in [-0.4, -0.2) is 30.1 Å². The van der Waals surface area contributed by atoms with E-state index in [1.54, 1.807) is 0 Å². The maximum atomic E-state index is 10.3. The Morgan fingerprint density at radius 1 is 1.33 bits per heavy atom. The molecule has 5 N–H and O–H groups in total. The Labute approximate surface area is 70.6 Å². The molecule has 1 rings (SSSR count). The fourth-order valence-electron chi connectivity index (χ4n) is 1.10. The molecule has 1 heterocycles. The minimum Gasteiger partial charge on any atom is -0.368 e. The fraction of sp³-hybridized carbons (Fsp3) is 0.667. The van der Waals surface area contributed by atoms with Crippen LogP contribution in [0.15, 0.2) is 5.10 Å². The Bertz CT molecular complexity index is 196. The van der Waals surface area contributed by atoms with Crippen molar-refractivity contribution in [2.24, 2.45) is 16.6 Å². The molecule has 0 aromatic heterocycles. The van der Waals surface area contributed by atoms with Crippen molar-refractivity contribution in [1.82, 2.24) is 10.3 Å². The largest absolute Gasteiger partial charge is 0.368 e. The lowest BCUT2D eigenvalue weighted by Gasteiger charge is -2.10. The zero-order valence-electron chi connectivity index (χ0n) is 6.79. The number of guanidine groups is 1. The molecule has 0 radical (unpaired) electrons. The Morgan fingerprint density at radius 2 is 1.92 bits per heavy atom. The summed E-state index contributed by atoms with van der Waals surface area (Å²) in [5.41, 5.74) is 10.2. The number of amides is 2. The highest BCUT2D eigenvalue weighted by atomic mass is 16.2. The predicted molar refractivity (Wildman–Crippen MR) is 45.1 cm³/mol. The number of nitrogens with zero attached hydrogens (tertiary/aromatic N) is 2. The molecule has 68 valence electrons. The fourth-order valence-corrected chi connectivity index (χ4v) is 1.10. The minimum atomic E-state index is -0.685. The summed E-state index contributed by atoms with van der Waals surface area (Å²) in [5, 5.41) is 7.94. The minimum absolute atomic E-state index is 0.0596. The first-order valence-corrected chi connectivity index (χ1v) is 3.84. The predicted octanol–water partition coefficient (Wildman–Crippen LogP) is -1.02. The summed E-state index contributed by atoms with van der Waals surface area (Å²) in [6, 6.07) is -0.685. The molecule has 6 heteroatoms. The number of urea groups is 1. The molecule has 12 heavy (non-hydrogen) atoms. The smallest absolute Gasteiger partial charge is 0.318 e. The second-order valence-corrected chi connectivity index (χ2v) is 2.64. The van der Waals surface area contributed by atoms with Gasteiger partial charge in [0.05, 0.1) is 0 Å². The van der Waals surface area contributed by atoms with E-state index < -0.39 is 6.03 Å². The molecule has 0 bridgehead atoms. The van der Waals surface area contributed by atoms with Crippen LogP contribution in [0.1, 0.15) is 12.8 Å². The van der Waals surface area contributed by atoms with E-state index >= 15 is 0 Å². The van der Waals surface area contributed by atoms with E-state index in [4.69, 9.17) is 11.5 Å². The number of rotatable bonds is 1. The number of hydrazone groups is 1. The third-order valence-corrected chi connectivity index (χ3v) is 1.58. The van der Waals surface area contributed by atoms with Gasteiger partial charge in [0.2, 0.25) is 5.96 Å². The van der Waals surface area contributed by atoms with Gasteiger partial charge < -0.3 is 11.5 Å². The highest BCUT2D eigenvalue weighted by Gasteiger charge is 2.09. The lowest BCUT2D eigenvalue weighted by Crippen LogP contribution is -2.41. The van der Waals surface area contributed by atoms with Gasteiger partial charge in [-0.1, -0.05) is 0 Å². The highest BCUT2D eigenvalue weighted by molar-refractivity contribution is 5.94. The molecule has 2 amide bonds. The van der Waals surface area contributed by atoms with Gasteiger partial charge in [0.15, 0.2) is 0 Å². The van der Waals surface area contributed by atoms with Crippen molar-refractivity contribution in [3.05, 3.63) is 0 Å². The van der Waals surface area contributed by atoms with Crippen LogP contribution in [-0.2, 0) is 0 Å². The number of carbonyl (C=O) groups is 1. The van der Waals surface area contributed by atoms with Gasteiger partial charge in [-0.05, 0) is 12.8 Å². The van der Waals surface area contributed by atoms with E-state index in [9.17, 15) is 4.79 Å². The van der Waals surface area contributed by atoms with E-state index in [0.29, 0.717) is 0 Å². The Morgan fingerprint density at radius 3 is 2.42 bits per heavy atom. The zero-order chi connectivity index (χ0) is 8.97. The van der Waals surface area contributed by atoms with Crippen molar-refractivity contribution >= 4 is 12.0 Å². The number of nitrogens with one attached hydrogen (secondary N) is 1. The lowest BCUT2D eigenvalue weighted by atomic mass is 10.4.